The van der Waals surface area contributed by atoms with E-state index < -0.39 is 0 Å². The summed E-state index contributed by atoms with van der Waals surface area (Å²) in [5.74, 6) is 0.882. The second-order valence-corrected chi connectivity index (χ2v) is 4.85. The molecule has 0 aliphatic rings. The van der Waals surface area contributed by atoms with Gasteiger partial charge in [-0.2, -0.15) is 0 Å². The fourth-order valence-corrected chi connectivity index (χ4v) is 2.14. The van der Waals surface area contributed by atoms with Crippen molar-refractivity contribution in [1.29, 1.82) is 0 Å². The van der Waals surface area contributed by atoms with E-state index in [0.29, 0.717) is 5.56 Å². The molecule has 2 heteroatoms. The van der Waals surface area contributed by atoms with E-state index in [9.17, 15) is 4.79 Å². The van der Waals surface area contributed by atoms with Crippen molar-refractivity contribution in [2.24, 2.45) is 0 Å². The molecule has 2 nitrogen and oxygen atoms in total. The van der Waals surface area contributed by atoms with Crippen molar-refractivity contribution in [2.45, 2.75) is 32.3 Å². The first kappa shape index (κ1) is 14.3. The lowest BCUT2D eigenvalue weighted by atomic mass is 10.0. The van der Waals surface area contributed by atoms with Gasteiger partial charge in [0.2, 0.25) is 0 Å². The third-order valence-electron chi connectivity index (χ3n) is 3.29. The van der Waals surface area contributed by atoms with Gasteiger partial charge in [0.1, 0.15) is 18.1 Å². The van der Waals surface area contributed by atoms with Crippen LogP contribution in [0.25, 0.3) is 0 Å². The average molecular weight is 268 g/mol. The topological polar surface area (TPSA) is 26.3 Å². The summed E-state index contributed by atoms with van der Waals surface area (Å²) in [7, 11) is 0. The molecule has 0 aliphatic carbocycles. The molecule has 0 aliphatic heterocycles. The van der Waals surface area contributed by atoms with Crippen LogP contribution in [0.15, 0.2) is 54.6 Å². The zero-order valence-electron chi connectivity index (χ0n) is 11.8. The number of hydrogen-bond acceptors (Lipinski definition) is 2. The van der Waals surface area contributed by atoms with Gasteiger partial charge in [0.05, 0.1) is 0 Å². The summed E-state index contributed by atoms with van der Waals surface area (Å²) in [4.78, 5) is 10.7. The van der Waals surface area contributed by atoms with Gasteiger partial charge in [-0.25, -0.2) is 0 Å². The molecule has 0 amide bonds. The molecule has 0 heterocycles. The number of para-hydroxylation sites is 1. The summed E-state index contributed by atoms with van der Waals surface area (Å²) in [6, 6.07) is 17.5. The number of hydrogen-bond donors (Lipinski definition) is 0. The van der Waals surface area contributed by atoms with E-state index in [4.69, 9.17) is 4.74 Å². The number of carbonyl (C=O) groups is 1. The van der Waals surface area contributed by atoms with Crippen molar-refractivity contribution in [3.63, 3.8) is 0 Å². The normalized spacial score (nSPS) is 11.8. The number of carbonyl (C=O) groups excluding carboxylic acids is 1. The largest absolute Gasteiger partial charge is 0.486 e. The lowest BCUT2D eigenvalue weighted by molar-refractivity contribution is 0.112. The van der Waals surface area contributed by atoms with E-state index >= 15 is 0 Å². The number of benzene rings is 2. The molecule has 1 atom stereocenters. The molecule has 2 aromatic carbocycles. The molecular formula is C18H20O2. The van der Waals surface area contributed by atoms with E-state index in [-0.39, 0.29) is 6.10 Å². The van der Waals surface area contributed by atoms with E-state index in [1.807, 2.05) is 54.6 Å². The van der Waals surface area contributed by atoms with E-state index in [1.54, 1.807) is 0 Å². The minimum atomic E-state index is 0.0399. The fraction of sp³-hybridized carbons (Fsp3) is 0.278. The molecule has 1 unspecified atom stereocenters. The van der Waals surface area contributed by atoms with Crippen LogP contribution in [0.5, 0.6) is 5.75 Å². The maximum atomic E-state index is 10.7. The van der Waals surface area contributed by atoms with Crippen molar-refractivity contribution >= 4 is 6.29 Å². The minimum Gasteiger partial charge on any atom is -0.486 e. The zero-order chi connectivity index (χ0) is 14.2. The highest BCUT2D eigenvalue weighted by atomic mass is 16.5. The summed E-state index contributed by atoms with van der Waals surface area (Å²) in [6.07, 6.45) is 4.14. The lowest BCUT2D eigenvalue weighted by Crippen LogP contribution is -2.07. The first-order valence-corrected chi connectivity index (χ1v) is 7.10. The van der Waals surface area contributed by atoms with Gasteiger partial charge in [0.15, 0.2) is 0 Å². The summed E-state index contributed by atoms with van der Waals surface area (Å²) in [5.41, 5.74) is 1.82. The van der Waals surface area contributed by atoms with Gasteiger partial charge in [0, 0.05) is 5.56 Å². The maximum Gasteiger partial charge on any atom is 0.150 e. The molecule has 2 rings (SSSR count). The van der Waals surface area contributed by atoms with Gasteiger partial charge in [0.25, 0.3) is 0 Å². The van der Waals surface area contributed by atoms with Gasteiger partial charge in [-0.3, -0.25) is 4.79 Å². The quantitative estimate of drug-likeness (QED) is 0.674. The van der Waals surface area contributed by atoms with Gasteiger partial charge in [-0.1, -0.05) is 55.8 Å². The predicted molar refractivity (Wildman–Crippen MR) is 81.2 cm³/mol. The van der Waals surface area contributed by atoms with Gasteiger partial charge in [-0.05, 0) is 30.5 Å². The van der Waals surface area contributed by atoms with Crippen molar-refractivity contribution in [3.05, 3.63) is 65.7 Å². The summed E-state index contributed by atoms with van der Waals surface area (Å²) in [5, 5.41) is 0. The lowest BCUT2D eigenvalue weighted by Gasteiger charge is -2.19. The Balaban J connectivity index is 2.15. The second kappa shape index (κ2) is 7.49. The smallest absolute Gasteiger partial charge is 0.150 e. The fourth-order valence-electron chi connectivity index (χ4n) is 2.14. The van der Waals surface area contributed by atoms with Crippen LogP contribution in [0.2, 0.25) is 0 Å². The Bertz CT molecular complexity index is 517. The van der Waals surface area contributed by atoms with Crippen LogP contribution in [0.1, 0.15) is 48.2 Å². The second-order valence-electron chi connectivity index (χ2n) is 4.85. The molecule has 0 saturated heterocycles. The average Bonchev–Trinajstić information content (AvgIpc) is 2.52. The molecule has 0 aromatic heterocycles. The third-order valence-corrected chi connectivity index (χ3v) is 3.29. The summed E-state index contributed by atoms with van der Waals surface area (Å²) < 4.78 is 6.09. The Morgan fingerprint density at radius 3 is 2.35 bits per heavy atom. The Morgan fingerprint density at radius 1 is 1.05 bits per heavy atom. The molecule has 0 saturated carbocycles. The van der Waals surface area contributed by atoms with E-state index in [2.05, 4.69) is 6.92 Å². The van der Waals surface area contributed by atoms with Gasteiger partial charge < -0.3 is 4.74 Å². The molecule has 104 valence electrons. The summed E-state index contributed by atoms with van der Waals surface area (Å²) >= 11 is 0. The van der Waals surface area contributed by atoms with E-state index in [1.165, 1.54) is 0 Å². The number of unbranched alkanes of at least 4 members (excludes halogenated alkanes) is 1. The molecule has 0 radical (unpaired) electrons. The number of aldehydes is 1. The van der Waals surface area contributed by atoms with Gasteiger partial charge in [-0.15, -0.1) is 0 Å². The monoisotopic (exact) mass is 268 g/mol. The Labute approximate surface area is 120 Å². The number of ether oxygens (including phenoxy) is 1. The minimum absolute atomic E-state index is 0.0399. The Hall–Kier alpha value is -2.09. The van der Waals surface area contributed by atoms with Crippen LogP contribution in [0, 0.1) is 0 Å². The maximum absolute atomic E-state index is 10.7. The van der Waals surface area contributed by atoms with Crippen LogP contribution in [-0.4, -0.2) is 6.29 Å². The zero-order valence-corrected chi connectivity index (χ0v) is 11.8. The van der Waals surface area contributed by atoms with Crippen molar-refractivity contribution in [1.82, 2.24) is 0 Å². The predicted octanol–water partition coefficient (Wildman–Crippen LogP) is 4.81. The Kier molecular flexibility index (Phi) is 5.36. The standard InChI is InChI=1S/C18H20O2/c1-2-3-9-18(20-17-7-5-4-6-8-17)16-12-10-15(14-19)11-13-16/h4-8,10-14,18H,2-3,9H2,1H3. The van der Waals surface area contributed by atoms with Crippen molar-refractivity contribution in [2.75, 3.05) is 0 Å². The van der Waals surface area contributed by atoms with Crippen molar-refractivity contribution < 1.29 is 9.53 Å². The van der Waals surface area contributed by atoms with E-state index in [0.717, 1.165) is 36.9 Å². The highest BCUT2D eigenvalue weighted by molar-refractivity contribution is 5.74. The highest BCUT2D eigenvalue weighted by Crippen LogP contribution is 2.26. The summed E-state index contributed by atoms with van der Waals surface area (Å²) in [6.45, 7) is 2.18. The SMILES string of the molecule is CCCCC(Oc1ccccc1)c1ccc(C=O)cc1. The third kappa shape index (κ3) is 3.95. The molecule has 2 aromatic rings. The molecule has 0 bridgehead atoms. The van der Waals surface area contributed by atoms with Crippen LogP contribution >= 0.6 is 0 Å². The molecule has 0 N–H and O–H groups in total. The van der Waals surface area contributed by atoms with Crippen LogP contribution in [0.4, 0.5) is 0 Å². The molecule has 20 heavy (non-hydrogen) atoms. The Morgan fingerprint density at radius 2 is 1.75 bits per heavy atom. The first-order chi connectivity index (χ1) is 9.83. The molecular weight excluding hydrogens is 248 g/mol. The van der Waals surface area contributed by atoms with Crippen LogP contribution in [-0.2, 0) is 0 Å². The highest BCUT2D eigenvalue weighted by Gasteiger charge is 2.12. The van der Waals surface area contributed by atoms with Crippen LogP contribution in [0.3, 0.4) is 0 Å². The van der Waals surface area contributed by atoms with Crippen molar-refractivity contribution in [3.8, 4) is 5.75 Å². The first-order valence-electron chi connectivity index (χ1n) is 7.10. The molecule has 0 fully saturated rings. The molecule has 0 spiro atoms. The number of rotatable bonds is 7. The van der Waals surface area contributed by atoms with Crippen LogP contribution < -0.4 is 4.74 Å². The van der Waals surface area contributed by atoms with Gasteiger partial charge >= 0.3 is 0 Å².